The normalized spacial score (nSPS) is 13.5. The number of alkyl carbamates (subject to hydrolysis) is 1. The maximum absolute atomic E-state index is 12.0. The third kappa shape index (κ3) is 7.61. The van der Waals surface area contributed by atoms with Crippen LogP contribution in [0.25, 0.3) is 11.1 Å². The molecule has 0 saturated carbocycles. The summed E-state index contributed by atoms with van der Waals surface area (Å²) < 4.78 is 10.4. The van der Waals surface area contributed by atoms with Crippen LogP contribution in [0.3, 0.4) is 0 Å². The van der Waals surface area contributed by atoms with E-state index in [4.69, 9.17) is 9.47 Å². The van der Waals surface area contributed by atoms with Crippen molar-refractivity contribution in [1.82, 2.24) is 10.6 Å². The minimum atomic E-state index is -0.397. The fraction of sp³-hybridized carbons (Fsp3) is 0.444. The second kappa shape index (κ2) is 13.4. The van der Waals surface area contributed by atoms with Gasteiger partial charge in [0.2, 0.25) is 6.41 Å². The SMILES string of the molecule is CC(C)C(C)NC(=O)OCC1c2ccccc2-c2ccccc21.CCC(C)OC(=O)CNC=O. The van der Waals surface area contributed by atoms with Crippen LogP contribution in [0.1, 0.15) is 58.1 Å². The van der Waals surface area contributed by atoms with Crippen LogP contribution in [0, 0.1) is 5.92 Å². The molecule has 0 aromatic heterocycles. The van der Waals surface area contributed by atoms with E-state index in [0.29, 0.717) is 18.9 Å². The Balaban J connectivity index is 0.000000316. The molecule has 2 atom stereocenters. The lowest BCUT2D eigenvalue weighted by atomic mass is 9.98. The molecule has 3 rings (SSSR count). The van der Waals surface area contributed by atoms with Crippen LogP contribution in [0.4, 0.5) is 4.79 Å². The van der Waals surface area contributed by atoms with E-state index in [1.165, 1.54) is 22.3 Å². The standard InChI is InChI=1S/C20H23NO2.C7H13NO3/c1-13(2)14(3)21-20(22)23-12-19-17-10-6-4-8-15(17)16-9-5-7-11-18(16)19;1-3-6(2)11-7(10)4-8-5-9/h4-11,13-14,19H,12H2,1-3H3,(H,21,22);5-6H,3-4H2,1-2H3,(H,8,9). The number of hydrogen-bond acceptors (Lipinski definition) is 5. The van der Waals surface area contributed by atoms with E-state index in [1.807, 2.05) is 26.0 Å². The maximum atomic E-state index is 12.0. The van der Waals surface area contributed by atoms with E-state index in [-0.39, 0.29) is 30.7 Å². The van der Waals surface area contributed by atoms with Crippen molar-refractivity contribution < 1.29 is 23.9 Å². The third-order valence-electron chi connectivity index (χ3n) is 5.93. The summed E-state index contributed by atoms with van der Waals surface area (Å²) in [5, 5.41) is 5.11. The number of esters is 1. The molecule has 184 valence electrons. The van der Waals surface area contributed by atoms with Crippen molar-refractivity contribution >= 4 is 18.5 Å². The summed E-state index contributed by atoms with van der Waals surface area (Å²) in [7, 11) is 0. The lowest BCUT2D eigenvalue weighted by molar-refractivity contribution is -0.147. The van der Waals surface area contributed by atoms with Crippen LogP contribution >= 0.6 is 0 Å². The first-order valence-electron chi connectivity index (χ1n) is 11.8. The predicted octanol–water partition coefficient (Wildman–Crippen LogP) is 4.64. The Morgan fingerprint density at radius 3 is 2.03 bits per heavy atom. The molecular weight excluding hydrogens is 432 g/mol. The Labute approximate surface area is 202 Å². The number of carbonyl (C=O) groups excluding carboxylic acids is 3. The Bertz CT molecular complexity index is 914. The summed E-state index contributed by atoms with van der Waals surface area (Å²) in [6, 6.07) is 16.8. The summed E-state index contributed by atoms with van der Waals surface area (Å²) in [6.07, 6.45) is 0.842. The predicted molar refractivity (Wildman–Crippen MR) is 132 cm³/mol. The number of nitrogens with one attached hydrogen (secondary N) is 2. The van der Waals surface area contributed by atoms with Gasteiger partial charge in [-0.25, -0.2) is 4.79 Å². The molecule has 0 heterocycles. The van der Waals surface area contributed by atoms with Crippen LogP contribution in [-0.2, 0) is 19.1 Å². The van der Waals surface area contributed by atoms with E-state index in [9.17, 15) is 14.4 Å². The van der Waals surface area contributed by atoms with Gasteiger partial charge in [-0.1, -0.05) is 69.3 Å². The molecule has 7 heteroatoms. The fourth-order valence-corrected chi connectivity index (χ4v) is 3.47. The van der Waals surface area contributed by atoms with Gasteiger partial charge in [0.15, 0.2) is 0 Å². The third-order valence-corrected chi connectivity index (χ3v) is 5.93. The molecule has 0 bridgehead atoms. The van der Waals surface area contributed by atoms with Crippen LogP contribution in [0.2, 0.25) is 0 Å². The van der Waals surface area contributed by atoms with Crippen LogP contribution in [0.5, 0.6) is 0 Å². The Hall–Kier alpha value is -3.35. The van der Waals surface area contributed by atoms with Gasteiger partial charge >= 0.3 is 12.1 Å². The average Bonchev–Trinajstić information content (AvgIpc) is 3.15. The Morgan fingerprint density at radius 1 is 0.971 bits per heavy atom. The van der Waals surface area contributed by atoms with Gasteiger partial charge in [0.25, 0.3) is 0 Å². The summed E-state index contributed by atoms with van der Waals surface area (Å²) >= 11 is 0. The van der Waals surface area contributed by atoms with Crippen molar-refractivity contribution in [2.24, 2.45) is 5.92 Å². The number of rotatable bonds is 9. The molecule has 2 aromatic rings. The number of fused-ring (bicyclic) bond motifs is 3. The van der Waals surface area contributed by atoms with Gasteiger partial charge in [-0.15, -0.1) is 0 Å². The van der Waals surface area contributed by atoms with Gasteiger partial charge in [-0.05, 0) is 48.4 Å². The lowest BCUT2D eigenvalue weighted by Crippen LogP contribution is -2.37. The van der Waals surface area contributed by atoms with E-state index in [0.717, 1.165) is 6.42 Å². The van der Waals surface area contributed by atoms with E-state index in [2.05, 4.69) is 60.9 Å². The quantitative estimate of drug-likeness (QED) is 0.413. The molecule has 34 heavy (non-hydrogen) atoms. The van der Waals surface area contributed by atoms with Gasteiger partial charge in [0, 0.05) is 12.0 Å². The van der Waals surface area contributed by atoms with Crippen LogP contribution < -0.4 is 10.6 Å². The minimum Gasteiger partial charge on any atom is -0.461 e. The first kappa shape index (κ1) is 26.9. The average molecular weight is 469 g/mol. The minimum absolute atomic E-state index is 0.0478. The van der Waals surface area contributed by atoms with Crippen molar-refractivity contribution in [3.8, 4) is 11.1 Å². The molecule has 2 amide bonds. The highest BCUT2D eigenvalue weighted by Gasteiger charge is 2.29. The van der Waals surface area contributed by atoms with Gasteiger partial charge in [-0.3, -0.25) is 9.59 Å². The van der Waals surface area contributed by atoms with Gasteiger partial charge in [-0.2, -0.15) is 0 Å². The van der Waals surface area contributed by atoms with Gasteiger partial charge in [0.05, 0.1) is 6.10 Å². The smallest absolute Gasteiger partial charge is 0.407 e. The molecular formula is C27H36N2O5. The molecule has 0 spiro atoms. The second-order valence-electron chi connectivity index (χ2n) is 8.71. The Morgan fingerprint density at radius 2 is 1.53 bits per heavy atom. The summed E-state index contributed by atoms with van der Waals surface area (Å²) in [5.74, 6) is 0.101. The Kier molecular flexibility index (Phi) is 10.6. The highest BCUT2D eigenvalue weighted by molar-refractivity contribution is 5.79. The van der Waals surface area contributed by atoms with Crippen molar-refractivity contribution in [3.63, 3.8) is 0 Å². The number of ether oxygens (including phenoxy) is 2. The highest BCUT2D eigenvalue weighted by atomic mass is 16.5. The first-order valence-corrected chi connectivity index (χ1v) is 11.8. The zero-order valence-electron chi connectivity index (χ0n) is 20.7. The summed E-state index contributed by atoms with van der Waals surface area (Å²) in [6.45, 7) is 10.2. The van der Waals surface area contributed by atoms with Crippen LogP contribution in [0.15, 0.2) is 48.5 Å². The van der Waals surface area contributed by atoms with Crippen molar-refractivity contribution in [2.45, 2.75) is 59.1 Å². The molecule has 0 fully saturated rings. The molecule has 0 saturated heterocycles. The highest BCUT2D eigenvalue weighted by Crippen LogP contribution is 2.44. The van der Waals surface area contributed by atoms with Gasteiger partial charge < -0.3 is 20.1 Å². The maximum Gasteiger partial charge on any atom is 0.407 e. The van der Waals surface area contributed by atoms with Gasteiger partial charge in [0.1, 0.15) is 13.2 Å². The van der Waals surface area contributed by atoms with E-state index >= 15 is 0 Å². The van der Waals surface area contributed by atoms with Crippen molar-refractivity contribution in [2.75, 3.05) is 13.2 Å². The second-order valence-corrected chi connectivity index (χ2v) is 8.71. The largest absolute Gasteiger partial charge is 0.461 e. The molecule has 2 aromatic carbocycles. The monoisotopic (exact) mass is 468 g/mol. The van der Waals surface area contributed by atoms with Crippen molar-refractivity contribution in [3.05, 3.63) is 59.7 Å². The van der Waals surface area contributed by atoms with Crippen molar-refractivity contribution in [1.29, 1.82) is 0 Å². The fourth-order valence-electron chi connectivity index (χ4n) is 3.47. The van der Waals surface area contributed by atoms with Crippen LogP contribution in [-0.4, -0.2) is 43.8 Å². The molecule has 1 aliphatic rings. The lowest BCUT2D eigenvalue weighted by Gasteiger charge is -2.19. The topological polar surface area (TPSA) is 93.7 Å². The molecule has 1 aliphatic carbocycles. The number of amides is 2. The molecule has 2 unspecified atom stereocenters. The number of carbonyl (C=O) groups is 3. The summed E-state index contributed by atoms with van der Waals surface area (Å²) in [4.78, 5) is 32.5. The zero-order chi connectivity index (χ0) is 25.1. The van der Waals surface area contributed by atoms with E-state index in [1.54, 1.807) is 6.92 Å². The number of hydrogen-bond donors (Lipinski definition) is 2. The first-order chi connectivity index (χ1) is 16.3. The molecule has 0 radical (unpaired) electrons. The molecule has 7 nitrogen and oxygen atoms in total. The zero-order valence-corrected chi connectivity index (χ0v) is 20.7. The molecule has 0 aliphatic heterocycles. The summed E-state index contributed by atoms with van der Waals surface area (Å²) in [5.41, 5.74) is 4.96. The number of benzene rings is 2. The molecule has 2 N–H and O–H groups in total. The van der Waals surface area contributed by atoms with E-state index < -0.39 is 5.97 Å².